The fraction of sp³-hybridized carbons (Fsp3) is 0.562. The number of nitro groups is 1. The zero-order valence-corrected chi connectivity index (χ0v) is 13.7. The van der Waals surface area contributed by atoms with Crippen LogP contribution in [0, 0.1) is 10.1 Å². The monoisotopic (exact) mass is 322 g/mol. The van der Waals surface area contributed by atoms with Crippen LogP contribution in [-0.2, 0) is 0 Å². The maximum absolute atomic E-state index is 12.8. The molecule has 0 aliphatic heterocycles. The molecule has 7 heteroatoms. The summed E-state index contributed by atoms with van der Waals surface area (Å²) in [7, 11) is 4.54. The van der Waals surface area contributed by atoms with E-state index in [0.29, 0.717) is 5.75 Å². The molecule has 1 aliphatic rings. The van der Waals surface area contributed by atoms with E-state index in [4.69, 9.17) is 9.47 Å². The van der Waals surface area contributed by atoms with Gasteiger partial charge in [0.1, 0.15) is 5.56 Å². The van der Waals surface area contributed by atoms with Gasteiger partial charge in [-0.15, -0.1) is 0 Å². The van der Waals surface area contributed by atoms with E-state index >= 15 is 0 Å². The molecule has 1 aliphatic carbocycles. The SMILES string of the molecule is COc1cc(C(=O)N(C)C2CCCCC2)c([N+](=O)[O-])cc1OC. The number of rotatable bonds is 5. The molecule has 0 radical (unpaired) electrons. The van der Waals surface area contributed by atoms with Gasteiger partial charge in [-0.2, -0.15) is 0 Å². The molecule has 0 aromatic heterocycles. The smallest absolute Gasteiger partial charge is 0.286 e. The minimum Gasteiger partial charge on any atom is -0.493 e. The van der Waals surface area contributed by atoms with Gasteiger partial charge in [0.05, 0.1) is 25.2 Å². The Morgan fingerprint density at radius 1 is 1.17 bits per heavy atom. The Morgan fingerprint density at radius 2 is 1.74 bits per heavy atom. The third-order valence-electron chi connectivity index (χ3n) is 4.37. The van der Waals surface area contributed by atoms with E-state index in [0.717, 1.165) is 25.7 Å². The quantitative estimate of drug-likeness (QED) is 0.615. The van der Waals surface area contributed by atoms with Crippen molar-refractivity contribution in [2.75, 3.05) is 21.3 Å². The Labute approximate surface area is 135 Å². The van der Waals surface area contributed by atoms with Gasteiger partial charge in [0.15, 0.2) is 11.5 Å². The second-order valence-corrected chi connectivity index (χ2v) is 5.69. The van der Waals surface area contributed by atoms with E-state index in [1.54, 1.807) is 11.9 Å². The van der Waals surface area contributed by atoms with Crippen LogP contribution >= 0.6 is 0 Å². The van der Waals surface area contributed by atoms with Gasteiger partial charge in [0.25, 0.3) is 11.6 Å². The van der Waals surface area contributed by atoms with Crippen molar-refractivity contribution >= 4 is 11.6 Å². The Hall–Kier alpha value is -2.31. The number of benzene rings is 1. The lowest BCUT2D eigenvalue weighted by Crippen LogP contribution is -2.38. The summed E-state index contributed by atoms with van der Waals surface area (Å²) < 4.78 is 10.3. The van der Waals surface area contributed by atoms with Gasteiger partial charge in [-0.1, -0.05) is 19.3 Å². The molecule has 0 heterocycles. The van der Waals surface area contributed by atoms with Gasteiger partial charge in [0, 0.05) is 19.2 Å². The fourth-order valence-corrected chi connectivity index (χ4v) is 3.01. The van der Waals surface area contributed by atoms with Gasteiger partial charge in [-0.05, 0) is 12.8 Å². The molecule has 1 saturated carbocycles. The van der Waals surface area contributed by atoms with Crippen molar-refractivity contribution in [1.82, 2.24) is 4.90 Å². The van der Waals surface area contributed by atoms with Crippen molar-refractivity contribution in [2.45, 2.75) is 38.1 Å². The number of hydrogen-bond donors (Lipinski definition) is 0. The summed E-state index contributed by atoms with van der Waals surface area (Å²) in [5, 5.41) is 11.3. The second-order valence-electron chi connectivity index (χ2n) is 5.69. The average Bonchev–Trinajstić information content (AvgIpc) is 2.59. The van der Waals surface area contributed by atoms with Gasteiger partial charge in [0.2, 0.25) is 0 Å². The zero-order chi connectivity index (χ0) is 17.0. The Bertz CT molecular complexity index is 596. The fourth-order valence-electron chi connectivity index (χ4n) is 3.01. The Balaban J connectivity index is 2.39. The Kier molecular flexibility index (Phi) is 5.41. The first kappa shape index (κ1) is 17.1. The van der Waals surface area contributed by atoms with Gasteiger partial charge < -0.3 is 14.4 Å². The van der Waals surface area contributed by atoms with Gasteiger partial charge in [-0.3, -0.25) is 14.9 Å². The van der Waals surface area contributed by atoms with E-state index < -0.39 is 4.92 Å². The van der Waals surface area contributed by atoms with Crippen molar-refractivity contribution in [3.8, 4) is 11.5 Å². The van der Waals surface area contributed by atoms with Crippen LogP contribution < -0.4 is 9.47 Å². The molecule has 1 fully saturated rings. The van der Waals surface area contributed by atoms with Crippen LogP contribution in [-0.4, -0.2) is 43.0 Å². The largest absolute Gasteiger partial charge is 0.493 e. The molecular weight excluding hydrogens is 300 g/mol. The highest BCUT2D eigenvalue weighted by atomic mass is 16.6. The number of carbonyl (C=O) groups is 1. The summed E-state index contributed by atoms with van der Waals surface area (Å²) in [6.45, 7) is 0. The van der Waals surface area contributed by atoms with Crippen molar-refractivity contribution in [3.05, 3.63) is 27.8 Å². The number of nitro benzene ring substituents is 1. The lowest BCUT2D eigenvalue weighted by molar-refractivity contribution is -0.385. The third-order valence-corrected chi connectivity index (χ3v) is 4.37. The molecule has 7 nitrogen and oxygen atoms in total. The summed E-state index contributed by atoms with van der Waals surface area (Å²) in [6, 6.07) is 2.75. The number of amides is 1. The predicted molar refractivity (Wildman–Crippen MR) is 85.2 cm³/mol. The number of nitrogens with zero attached hydrogens (tertiary/aromatic N) is 2. The molecule has 0 bridgehead atoms. The highest BCUT2D eigenvalue weighted by molar-refractivity contribution is 5.99. The molecule has 0 spiro atoms. The lowest BCUT2D eigenvalue weighted by Gasteiger charge is -2.31. The highest BCUT2D eigenvalue weighted by Gasteiger charge is 2.30. The highest BCUT2D eigenvalue weighted by Crippen LogP contribution is 2.35. The van der Waals surface area contributed by atoms with E-state index in [1.165, 1.54) is 32.8 Å². The van der Waals surface area contributed by atoms with Crippen molar-refractivity contribution in [1.29, 1.82) is 0 Å². The molecule has 0 atom stereocenters. The number of ether oxygens (including phenoxy) is 2. The molecule has 1 amide bonds. The summed E-state index contributed by atoms with van der Waals surface area (Å²) >= 11 is 0. The molecule has 2 rings (SSSR count). The minimum absolute atomic E-state index is 0.0284. The van der Waals surface area contributed by atoms with Crippen LogP contribution in [0.4, 0.5) is 5.69 Å². The van der Waals surface area contributed by atoms with Crippen LogP contribution in [0.15, 0.2) is 12.1 Å². The number of carbonyl (C=O) groups excluding carboxylic acids is 1. The van der Waals surface area contributed by atoms with E-state index in [-0.39, 0.29) is 28.9 Å². The van der Waals surface area contributed by atoms with Crippen molar-refractivity contribution < 1.29 is 19.2 Å². The molecular formula is C16H22N2O5. The van der Waals surface area contributed by atoms with E-state index in [1.807, 2.05) is 0 Å². The molecule has 126 valence electrons. The maximum Gasteiger partial charge on any atom is 0.286 e. The summed E-state index contributed by atoms with van der Waals surface area (Å²) in [4.78, 5) is 25.1. The zero-order valence-electron chi connectivity index (χ0n) is 13.7. The van der Waals surface area contributed by atoms with E-state index in [2.05, 4.69) is 0 Å². The third kappa shape index (κ3) is 3.55. The normalized spacial score (nSPS) is 15.1. The molecule has 1 aromatic rings. The molecule has 23 heavy (non-hydrogen) atoms. The molecule has 0 saturated heterocycles. The predicted octanol–water partition coefficient (Wildman–Crippen LogP) is 3.02. The first-order chi connectivity index (χ1) is 11.0. The maximum atomic E-state index is 12.8. The van der Waals surface area contributed by atoms with Crippen LogP contribution in [0.2, 0.25) is 0 Å². The summed E-state index contributed by atoms with van der Waals surface area (Å²) in [5.74, 6) is 0.180. The first-order valence-corrected chi connectivity index (χ1v) is 7.67. The van der Waals surface area contributed by atoms with Crippen LogP contribution in [0.1, 0.15) is 42.5 Å². The first-order valence-electron chi connectivity index (χ1n) is 7.67. The average molecular weight is 322 g/mol. The lowest BCUT2D eigenvalue weighted by atomic mass is 9.94. The summed E-state index contributed by atoms with van der Waals surface area (Å²) in [6.07, 6.45) is 5.20. The molecule has 1 aromatic carbocycles. The molecule has 0 N–H and O–H groups in total. The Morgan fingerprint density at radius 3 is 2.26 bits per heavy atom. The van der Waals surface area contributed by atoms with Crippen LogP contribution in [0.5, 0.6) is 11.5 Å². The van der Waals surface area contributed by atoms with Crippen molar-refractivity contribution in [3.63, 3.8) is 0 Å². The molecule has 0 unspecified atom stereocenters. The van der Waals surface area contributed by atoms with E-state index in [9.17, 15) is 14.9 Å². The van der Waals surface area contributed by atoms with Crippen LogP contribution in [0.25, 0.3) is 0 Å². The van der Waals surface area contributed by atoms with Gasteiger partial charge in [-0.25, -0.2) is 0 Å². The number of hydrogen-bond acceptors (Lipinski definition) is 5. The van der Waals surface area contributed by atoms with Gasteiger partial charge >= 0.3 is 0 Å². The minimum atomic E-state index is -0.566. The van der Waals surface area contributed by atoms with Crippen LogP contribution in [0.3, 0.4) is 0 Å². The van der Waals surface area contributed by atoms with Crippen molar-refractivity contribution in [2.24, 2.45) is 0 Å². The number of methoxy groups -OCH3 is 2. The topological polar surface area (TPSA) is 81.9 Å². The summed E-state index contributed by atoms with van der Waals surface area (Å²) in [5.41, 5.74) is -0.240. The standard InChI is InChI=1S/C16H22N2O5/c1-17(11-7-5-4-6-8-11)16(19)12-9-14(22-2)15(23-3)10-13(12)18(20)21/h9-11H,4-8H2,1-3H3. The second kappa shape index (κ2) is 7.30.